The van der Waals surface area contributed by atoms with Gasteiger partial charge in [0.25, 0.3) is 0 Å². The number of carbonyl (C=O) groups is 1. The van der Waals surface area contributed by atoms with Gasteiger partial charge < -0.3 is 4.72 Å². The topological polar surface area (TPSA) is 29.1 Å². The highest BCUT2D eigenvalue weighted by atomic mass is 32.2. The van der Waals surface area contributed by atoms with Crippen LogP contribution in [0.2, 0.25) is 0 Å². The van der Waals surface area contributed by atoms with Gasteiger partial charge in [-0.2, -0.15) is 0 Å². The number of nitrogens with one attached hydrogen (secondary N) is 1. The van der Waals surface area contributed by atoms with Gasteiger partial charge in [0.1, 0.15) is 0 Å². The fourth-order valence-electron chi connectivity index (χ4n) is 0.622. The van der Waals surface area contributed by atoms with Gasteiger partial charge in [0.2, 0.25) is 5.91 Å². The van der Waals surface area contributed by atoms with E-state index in [1.54, 1.807) is 0 Å². The van der Waals surface area contributed by atoms with Crippen molar-refractivity contribution >= 4 is 17.9 Å². The van der Waals surface area contributed by atoms with Crippen LogP contribution in [0.4, 0.5) is 0 Å². The molecule has 0 aliphatic carbocycles. The monoisotopic (exact) mass is 175 g/mol. The second kappa shape index (κ2) is 7.92. The van der Waals surface area contributed by atoms with E-state index in [0.29, 0.717) is 6.42 Å². The van der Waals surface area contributed by atoms with Gasteiger partial charge in [-0.3, -0.25) is 4.79 Å². The summed E-state index contributed by atoms with van der Waals surface area (Å²) in [5.74, 6) is 1.18. The largest absolute Gasteiger partial charge is 0.300 e. The fraction of sp³-hybridized carbons (Fsp3) is 0.875. The Labute approximate surface area is 73.3 Å². The van der Waals surface area contributed by atoms with Crippen molar-refractivity contribution in [1.82, 2.24) is 4.72 Å². The van der Waals surface area contributed by atoms with Crippen LogP contribution in [0.1, 0.15) is 39.5 Å². The van der Waals surface area contributed by atoms with Crippen LogP contribution in [-0.2, 0) is 4.79 Å². The van der Waals surface area contributed by atoms with E-state index in [4.69, 9.17) is 0 Å². The van der Waals surface area contributed by atoms with Crippen LogP contribution in [0, 0.1) is 0 Å². The van der Waals surface area contributed by atoms with Crippen molar-refractivity contribution in [2.24, 2.45) is 0 Å². The number of rotatable bonds is 6. The average molecular weight is 175 g/mol. The van der Waals surface area contributed by atoms with Crippen molar-refractivity contribution in [3.63, 3.8) is 0 Å². The van der Waals surface area contributed by atoms with Crippen molar-refractivity contribution in [2.75, 3.05) is 5.75 Å². The van der Waals surface area contributed by atoms with E-state index >= 15 is 0 Å². The van der Waals surface area contributed by atoms with Crippen molar-refractivity contribution in [3.05, 3.63) is 0 Å². The molecule has 1 N–H and O–H groups in total. The van der Waals surface area contributed by atoms with E-state index in [1.807, 2.05) is 0 Å². The maximum atomic E-state index is 10.9. The molecule has 0 radical (unpaired) electrons. The summed E-state index contributed by atoms with van der Waals surface area (Å²) in [6.45, 7) is 4.19. The standard InChI is InChI=1S/C8H17NOS/c1-3-5-6-8(10)9-11-7-4-2/h3-7H2,1-2H3,(H,9,10). The molecule has 0 saturated carbocycles. The molecule has 0 heterocycles. The van der Waals surface area contributed by atoms with Gasteiger partial charge in [0.05, 0.1) is 0 Å². The van der Waals surface area contributed by atoms with Crippen LogP contribution in [0.15, 0.2) is 0 Å². The van der Waals surface area contributed by atoms with Crippen LogP contribution in [0.3, 0.4) is 0 Å². The molecule has 2 nitrogen and oxygen atoms in total. The van der Waals surface area contributed by atoms with Crippen LogP contribution in [0.5, 0.6) is 0 Å². The highest BCUT2D eigenvalue weighted by Gasteiger charge is 1.97. The Morgan fingerprint density at radius 3 is 2.64 bits per heavy atom. The maximum Gasteiger partial charge on any atom is 0.229 e. The van der Waals surface area contributed by atoms with Crippen molar-refractivity contribution in [2.45, 2.75) is 39.5 Å². The summed E-state index contributed by atoms with van der Waals surface area (Å²) in [7, 11) is 0. The number of hydrogen-bond acceptors (Lipinski definition) is 2. The molecule has 0 bridgehead atoms. The van der Waals surface area contributed by atoms with Gasteiger partial charge in [0.15, 0.2) is 0 Å². The first-order chi connectivity index (χ1) is 5.31. The molecule has 1 amide bonds. The predicted molar refractivity (Wildman–Crippen MR) is 50.4 cm³/mol. The van der Waals surface area contributed by atoms with E-state index in [0.717, 1.165) is 25.0 Å². The lowest BCUT2D eigenvalue weighted by atomic mass is 10.2. The molecule has 11 heavy (non-hydrogen) atoms. The molecule has 0 fully saturated rings. The van der Waals surface area contributed by atoms with Crippen LogP contribution in [0.25, 0.3) is 0 Å². The lowest BCUT2D eigenvalue weighted by Crippen LogP contribution is -2.15. The molecule has 0 aromatic carbocycles. The van der Waals surface area contributed by atoms with E-state index in [2.05, 4.69) is 18.6 Å². The molecule has 0 aliphatic rings. The highest BCUT2D eigenvalue weighted by Crippen LogP contribution is 1.99. The van der Waals surface area contributed by atoms with Crippen LogP contribution >= 0.6 is 11.9 Å². The van der Waals surface area contributed by atoms with Gasteiger partial charge >= 0.3 is 0 Å². The maximum absolute atomic E-state index is 10.9. The second-order valence-corrected chi connectivity index (χ2v) is 3.38. The van der Waals surface area contributed by atoms with Crippen molar-refractivity contribution < 1.29 is 4.79 Å². The van der Waals surface area contributed by atoms with Crippen molar-refractivity contribution in [3.8, 4) is 0 Å². The first-order valence-electron chi connectivity index (χ1n) is 4.21. The molecular weight excluding hydrogens is 158 g/mol. The van der Waals surface area contributed by atoms with Crippen LogP contribution in [-0.4, -0.2) is 11.7 Å². The zero-order valence-electron chi connectivity index (χ0n) is 7.35. The first kappa shape index (κ1) is 10.8. The van der Waals surface area contributed by atoms with Gasteiger partial charge in [-0.15, -0.1) is 0 Å². The average Bonchev–Trinajstić information content (AvgIpc) is 2.01. The second-order valence-electron chi connectivity index (χ2n) is 2.48. The van der Waals surface area contributed by atoms with Gasteiger partial charge in [-0.05, 0) is 12.8 Å². The van der Waals surface area contributed by atoms with Gasteiger partial charge in [-0.25, -0.2) is 0 Å². The molecular formula is C8H17NOS. The zero-order valence-corrected chi connectivity index (χ0v) is 8.17. The Balaban J connectivity index is 3.09. The Kier molecular flexibility index (Phi) is 7.79. The summed E-state index contributed by atoms with van der Waals surface area (Å²) in [5.41, 5.74) is 0. The molecule has 0 aromatic heterocycles. The summed E-state index contributed by atoms with van der Waals surface area (Å²) in [6.07, 6.45) is 3.87. The van der Waals surface area contributed by atoms with Crippen molar-refractivity contribution in [1.29, 1.82) is 0 Å². The normalized spacial score (nSPS) is 9.64. The smallest absolute Gasteiger partial charge is 0.229 e. The molecule has 3 heteroatoms. The number of carbonyl (C=O) groups excluding carboxylic acids is 1. The Hall–Kier alpha value is -0.180. The summed E-state index contributed by atoms with van der Waals surface area (Å²) in [5, 5.41) is 0. The molecule has 0 spiro atoms. The number of unbranched alkanes of at least 4 members (excludes halogenated alkanes) is 1. The minimum atomic E-state index is 0.172. The summed E-state index contributed by atoms with van der Waals surface area (Å²) >= 11 is 1.51. The van der Waals surface area contributed by atoms with E-state index in [-0.39, 0.29) is 5.91 Å². The summed E-state index contributed by atoms with van der Waals surface area (Å²) in [4.78, 5) is 10.9. The third kappa shape index (κ3) is 7.72. The third-order valence-corrected chi connectivity index (χ3v) is 2.23. The predicted octanol–water partition coefficient (Wildman–Crippen LogP) is 2.35. The van der Waals surface area contributed by atoms with Crippen LogP contribution < -0.4 is 4.72 Å². The fourth-order valence-corrected chi connectivity index (χ4v) is 1.19. The SMILES string of the molecule is CCCCC(=O)NSCCC. The molecule has 0 aromatic rings. The number of amides is 1. The minimum Gasteiger partial charge on any atom is -0.300 e. The van der Waals surface area contributed by atoms with E-state index < -0.39 is 0 Å². The molecule has 0 rings (SSSR count). The molecule has 0 aliphatic heterocycles. The first-order valence-corrected chi connectivity index (χ1v) is 5.20. The molecule has 0 atom stereocenters. The lowest BCUT2D eigenvalue weighted by molar-refractivity contribution is -0.119. The van der Waals surface area contributed by atoms with Gasteiger partial charge in [-0.1, -0.05) is 32.2 Å². The number of hydrogen-bond donors (Lipinski definition) is 1. The Bertz CT molecular complexity index is 106. The highest BCUT2D eigenvalue weighted by molar-refractivity contribution is 7.97. The Morgan fingerprint density at radius 1 is 1.36 bits per heavy atom. The molecule has 0 saturated heterocycles. The summed E-state index contributed by atoms with van der Waals surface area (Å²) < 4.78 is 2.80. The van der Waals surface area contributed by atoms with E-state index in [1.165, 1.54) is 11.9 Å². The minimum absolute atomic E-state index is 0.172. The third-order valence-electron chi connectivity index (χ3n) is 1.25. The lowest BCUT2D eigenvalue weighted by Gasteiger charge is -2.01. The zero-order chi connectivity index (χ0) is 8.53. The summed E-state index contributed by atoms with van der Waals surface area (Å²) in [6, 6.07) is 0. The quantitative estimate of drug-likeness (QED) is 0.496. The van der Waals surface area contributed by atoms with Gasteiger partial charge in [0, 0.05) is 12.2 Å². The molecule has 0 unspecified atom stereocenters. The molecule has 66 valence electrons. The Morgan fingerprint density at radius 2 is 2.09 bits per heavy atom. The van der Waals surface area contributed by atoms with E-state index in [9.17, 15) is 4.79 Å².